The van der Waals surface area contributed by atoms with E-state index in [0.29, 0.717) is 5.89 Å². The van der Waals surface area contributed by atoms with Crippen molar-refractivity contribution in [2.45, 2.75) is 45.4 Å². The first-order valence-electron chi connectivity index (χ1n) is 8.78. The van der Waals surface area contributed by atoms with Gasteiger partial charge in [0.25, 0.3) is 0 Å². The molecule has 1 aromatic carbocycles. The van der Waals surface area contributed by atoms with Gasteiger partial charge in [-0.15, -0.1) is 0 Å². The smallest absolute Gasteiger partial charge is 0.230 e. The van der Waals surface area contributed by atoms with Crippen molar-refractivity contribution < 1.29 is 9.21 Å². The highest BCUT2D eigenvalue weighted by Crippen LogP contribution is 2.60. The van der Waals surface area contributed by atoms with Gasteiger partial charge in [-0.2, -0.15) is 0 Å². The molecule has 4 heteroatoms. The highest BCUT2D eigenvalue weighted by molar-refractivity contribution is 5.97. The van der Waals surface area contributed by atoms with Crippen LogP contribution in [0.4, 0.5) is 5.69 Å². The molecule has 4 nitrogen and oxygen atoms in total. The monoisotopic (exact) mass is 310 g/mol. The Kier molecular flexibility index (Phi) is 2.71. The molecule has 2 aromatic rings. The number of aryl methyl sites for hydroxylation is 1. The molecule has 0 saturated heterocycles. The van der Waals surface area contributed by atoms with E-state index in [1.165, 1.54) is 19.3 Å². The van der Waals surface area contributed by atoms with Gasteiger partial charge in [0.05, 0.1) is 5.41 Å². The van der Waals surface area contributed by atoms with Crippen molar-refractivity contribution in [1.29, 1.82) is 0 Å². The summed E-state index contributed by atoms with van der Waals surface area (Å²) in [7, 11) is 0. The van der Waals surface area contributed by atoms with E-state index in [1.807, 2.05) is 25.1 Å². The van der Waals surface area contributed by atoms with Gasteiger partial charge in [0, 0.05) is 18.7 Å². The van der Waals surface area contributed by atoms with Gasteiger partial charge < -0.3 is 9.73 Å². The molecule has 1 heterocycles. The maximum absolute atomic E-state index is 13.1. The van der Waals surface area contributed by atoms with Crippen LogP contribution in [0.2, 0.25) is 0 Å². The average Bonchev–Trinajstić information content (AvgIpc) is 2.85. The predicted molar refractivity (Wildman–Crippen MR) is 88.0 cm³/mol. The van der Waals surface area contributed by atoms with Crippen molar-refractivity contribution in [3.8, 4) is 0 Å². The van der Waals surface area contributed by atoms with Gasteiger partial charge in [-0.25, -0.2) is 4.98 Å². The average molecular weight is 310 g/mol. The van der Waals surface area contributed by atoms with Crippen molar-refractivity contribution in [3.05, 3.63) is 24.1 Å². The zero-order valence-corrected chi connectivity index (χ0v) is 13.5. The molecule has 0 unspecified atom stereocenters. The van der Waals surface area contributed by atoms with E-state index in [9.17, 15) is 4.79 Å². The van der Waals surface area contributed by atoms with E-state index in [1.54, 1.807) is 0 Å². The number of benzene rings is 1. The number of anilines is 1. The van der Waals surface area contributed by atoms with Gasteiger partial charge in [-0.3, -0.25) is 4.79 Å². The number of fused-ring (bicyclic) bond motifs is 1. The molecule has 4 bridgehead atoms. The van der Waals surface area contributed by atoms with Crippen LogP contribution in [0.5, 0.6) is 0 Å². The number of amides is 1. The summed E-state index contributed by atoms with van der Waals surface area (Å²) >= 11 is 0. The molecule has 4 aliphatic rings. The normalized spacial score (nSPS) is 34.9. The SMILES string of the molecule is Cc1nc2ccc(NC(=O)C34CC5CC(CC(C5)C3)C4)cc2o1. The van der Waals surface area contributed by atoms with E-state index in [0.717, 1.165) is 53.8 Å². The third-order valence-corrected chi connectivity index (χ3v) is 6.27. The lowest BCUT2D eigenvalue weighted by molar-refractivity contribution is -0.140. The number of rotatable bonds is 2. The van der Waals surface area contributed by atoms with Gasteiger partial charge in [0.2, 0.25) is 5.91 Å². The van der Waals surface area contributed by atoms with Crippen LogP contribution < -0.4 is 5.32 Å². The summed E-state index contributed by atoms with van der Waals surface area (Å²) < 4.78 is 5.58. The molecule has 4 saturated carbocycles. The van der Waals surface area contributed by atoms with Crippen molar-refractivity contribution in [2.24, 2.45) is 23.2 Å². The second-order valence-corrected chi connectivity index (χ2v) is 8.07. The topological polar surface area (TPSA) is 55.1 Å². The molecular formula is C19H22N2O2. The largest absolute Gasteiger partial charge is 0.441 e. The fraction of sp³-hybridized carbons (Fsp3) is 0.579. The quantitative estimate of drug-likeness (QED) is 0.900. The first-order valence-corrected chi connectivity index (χ1v) is 8.78. The summed E-state index contributed by atoms with van der Waals surface area (Å²) in [6.45, 7) is 1.84. The van der Waals surface area contributed by atoms with Crippen LogP contribution in [0, 0.1) is 30.1 Å². The van der Waals surface area contributed by atoms with Crippen LogP contribution in [0.3, 0.4) is 0 Å². The molecule has 1 N–H and O–H groups in total. The van der Waals surface area contributed by atoms with Crippen molar-refractivity contribution in [2.75, 3.05) is 5.32 Å². The Bertz CT molecular complexity index is 756. The Hall–Kier alpha value is -1.84. The van der Waals surface area contributed by atoms with Crippen LogP contribution in [0.15, 0.2) is 22.6 Å². The predicted octanol–water partition coefficient (Wildman–Crippen LogP) is 4.29. The molecule has 0 spiro atoms. The minimum atomic E-state index is -0.110. The molecule has 6 rings (SSSR count). The zero-order chi connectivity index (χ0) is 15.6. The van der Waals surface area contributed by atoms with Crippen LogP contribution in [0.1, 0.15) is 44.4 Å². The summed E-state index contributed by atoms with van der Waals surface area (Å²) in [6, 6.07) is 5.75. The lowest BCUT2D eigenvalue weighted by Gasteiger charge is -2.55. The second kappa shape index (κ2) is 4.59. The zero-order valence-electron chi connectivity index (χ0n) is 13.5. The number of hydrogen-bond acceptors (Lipinski definition) is 3. The van der Waals surface area contributed by atoms with Crippen molar-refractivity contribution in [1.82, 2.24) is 4.98 Å². The second-order valence-electron chi connectivity index (χ2n) is 8.07. The van der Waals surface area contributed by atoms with Gasteiger partial charge in [-0.05, 0) is 68.4 Å². The summed E-state index contributed by atoms with van der Waals surface area (Å²) in [6.07, 6.45) is 7.35. The number of oxazole rings is 1. The van der Waals surface area contributed by atoms with Gasteiger partial charge in [0.15, 0.2) is 11.5 Å². The third-order valence-electron chi connectivity index (χ3n) is 6.27. The van der Waals surface area contributed by atoms with Gasteiger partial charge >= 0.3 is 0 Å². The molecule has 1 aromatic heterocycles. The van der Waals surface area contributed by atoms with E-state index in [2.05, 4.69) is 10.3 Å². The van der Waals surface area contributed by atoms with E-state index >= 15 is 0 Å². The standard InChI is InChI=1S/C19H22N2O2/c1-11-20-16-3-2-15(7-17(16)23-11)21-18(22)19-8-12-4-13(9-19)6-14(5-12)10-19/h2-3,7,12-14H,4-6,8-10H2,1H3,(H,21,22). The van der Waals surface area contributed by atoms with E-state index in [-0.39, 0.29) is 11.3 Å². The molecular weight excluding hydrogens is 288 g/mol. The Labute approximate surface area is 135 Å². The van der Waals surface area contributed by atoms with Gasteiger partial charge in [-0.1, -0.05) is 0 Å². The van der Waals surface area contributed by atoms with Crippen molar-refractivity contribution in [3.63, 3.8) is 0 Å². The summed E-state index contributed by atoms with van der Waals surface area (Å²) in [5.74, 6) is 3.24. The van der Waals surface area contributed by atoms with Crippen LogP contribution in [0.25, 0.3) is 11.1 Å². The number of carbonyl (C=O) groups is 1. The van der Waals surface area contributed by atoms with Crippen molar-refractivity contribution >= 4 is 22.7 Å². The first kappa shape index (κ1) is 13.6. The number of hydrogen-bond donors (Lipinski definition) is 1. The van der Waals surface area contributed by atoms with Crippen LogP contribution >= 0.6 is 0 Å². The third kappa shape index (κ3) is 2.11. The molecule has 0 atom stereocenters. The Morgan fingerprint density at radius 2 is 1.83 bits per heavy atom. The lowest BCUT2D eigenvalue weighted by Crippen LogP contribution is -2.51. The number of nitrogens with zero attached hydrogens (tertiary/aromatic N) is 1. The molecule has 0 aliphatic heterocycles. The molecule has 23 heavy (non-hydrogen) atoms. The highest BCUT2D eigenvalue weighted by Gasteiger charge is 2.54. The molecule has 120 valence electrons. The molecule has 4 fully saturated rings. The summed E-state index contributed by atoms with van der Waals surface area (Å²) in [5.41, 5.74) is 2.30. The van der Waals surface area contributed by atoms with E-state index in [4.69, 9.17) is 4.42 Å². The minimum absolute atomic E-state index is 0.110. The maximum Gasteiger partial charge on any atom is 0.230 e. The minimum Gasteiger partial charge on any atom is -0.441 e. The van der Waals surface area contributed by atoms with Crippen LogP contribution in [-0.4, -0.2) is 10.9 Å². The Morgan fingerprint density at radius 3 is 2.48 bits per heavy atom. The number of aromatic nitrogens is 1. The molecule has 0 radical (unpaired) electrons. The first-order chi connectivity index (χ1) is 11.1. The molecule has 1 amide bonds. The van der Waals surface area contributed by atoms with Crippen LogP contribution in [-0.2, 0) is 4.79 Å². The van der Waals surface area contributed by atoms with Gasteiger partial charge in [0.1, 0.15) is 5.52 Å². The molecule has 4 aliphatic carbocycles. The Morgan fingerprint density at radius 1 is 1.17 bits per heavy atom. The fourth-order valence-corrected chi connectivity index (χ4v) is 5.77. The highest BCUT2D eigenvalue weighted by atomic mass is 16.3. The van der Waals surface area contributed by atoms with E-state index < -0.39 is 0 Å². The number of carbonyl (C=O) groups excluding carboxylic acids is 1. The maximum atomic E-state index is 13.1. The summed E-state index contributed by atoms with van der Waals surface area (Å²) in [5, 5.41) is 3.17. The lowest BCUT2D eigenvalue weighted by atomic mass is 9.49. The summed E-state index contributed by atoms with van der Waals surface area (Å²) in [4.78, 5) is 17.4. The Balaban J connectivity index is 1.41. The fourth-order valence-electron chi connectivity index (χ4n) is 5.77. The number of nitrogens with one attached hydrogen (secondary N) is 1.